The van der Waals surface area contributed by atoms with E-state index in [4.69, 9.17) is 39.5 Å². The number of sulfone groups is 1. The van der Waals surface area contributed by atoms with Gasteiger partial charge in [-0.15, -0.1) is 0 Å². The molecule has 0 saturated carbocycles. The number of esters is 1. The van der Waals surface area contributed by atoms with Crippen LogP contribution < -0.4 is 0 Å². The van der Waals surface area contributed by atoms with Gasteiger partial charge in [-0.3, -0.25) is 0 Å². The number of nitrogens with zero attached hydrogens (tertiary/aromatic N) is 2. The molecule has 10 heteroatoms. The van der Waals surface area contributed by atoms with E-state index in [2.05, 4.69) is 5.10 Å². The van der Waals surface area contributed by atoms with E-state index in [-0.39, 0.29) is 22.9 Å². The third-order valence-corrected chi connectivity index (χ3v) is 5.72. The summed E-state index contributed by atoms with van der Waals surface area (Å²) < 4.78 is 30.9. The highest BCUT2D eigenvalue weighted by Gasteiger charge is 2.28. The summed E-state index contributed by atoms with van der Waals surface area (Å²) in [6, 6.07) is 11.5. The van der Waals surface area contributed by atoms with Crippen molar-refractivity contribution in [1.82, 2.24) is 9.78 Å². The maximum absolute atomic E-state index is 12.6. The zero-order valence-corrected chi connectivity index (χ0v) is 19.1. The maximum atomic E-state index is 12.6. The normalized spacial score (nSPS) is 11.5. The van der Waals surface area contributed by atoms with E-state index in [0.717, 1.165) is 6.26 Å². The van der Waals surface area contributed by atoms with Gasteiger partial charge in [-0.25, -0.2) is 17.9 Å². The summed E-state index contributed by atoms with van der Waals surface area (Å²) in [6.45, 7) is 1.77. The highest BCUT2D eigenvalue weighted by atomic mass is 35.5. The van der Waals surface area contributed by atoms with Crippen molar-refractivity contribution in [2.24, 2.45) is 0 Å². The molecule has 3 rings (SSSR count). The van der Waals surface area contributed by atoms with E-state index in [1.165, 1.54) is 10.7 Å². The second kappa shape index (κ2) is 8.98. The first-order valence-electron chi connectivity index (χ1n) is 8.79. The molecule has 0 aliphatic rings. The molecule has 0 N–H and O–H groups in total. The number of halogens is 3. The van der Waals surface area contributed by atoms with Crippen molar-refractivity contribution >= 4 is 50.6 Å². The molecule has 2 aromatic carbocycles. The summed E-state index contributed by atoms with van der Waals surface area (Å²) in [5.74, 6) is -1.14. The zero-order chi connectivity index (χ0) is 22.1. The van der Waals surface area contributed by atoms with E-state index in [1.807, 2.05) is 0 Å². The van der Waals surface area contributed by atoms with Gasteiger partial charge in [-0.1, -0.05) is 46.9 Å². The summed E-state index contributed by atoms with van der Waals surface area (Å²) in [7, 11) is -3.51. The van der Waals surface area contributed by atoms with Crippen LogP contribution in [0.15, 0.2) is 42.5 Å². The first-order chi connectivity index (χ1) is 14.1. The lowest BCUT2D eigenvalue weighted by Crippen LogP contribution is -2.11. The van der Waals surface area contributed by atoms with E-state index < -0.39 is 21.6 Å². The average molecular weight is 488 g/mol. The highest BCUT2D eigenvalue weighted by Crippen LogP contribution is 2.34. The third-order valence-electron chi connectivity index (χ3n) is 4.11. The molecule has 0 saturated heterocycles. The molecule has 0 atom stereocenters. The molecule has 0 unspecified atom stereocenters. The minimum Gasteiger partial charge on any atom is -0.461 e. The molecule has 1 aromatic heterocycles. The van der Waals surface area contributed by atoms with Crippen LogP contribution in [0.1, 0.15) is 23.0 Å². The van der Waals surface area contributed by atoms with Crippen LogP contribution >= 0.6 is 34.8 Å². The summed E-state index contributed by atoms with van der Waals surface area (Å²) in [5.41, 5.74) is 1.54. The molecule has 30 heavy (non-hydrogen) atoms. The molecule has 0 bridgehead atoms. The number of carbonyl (C=O) groups excluding carboxylic acids is 1. The van der Waals surface area contributed by atoms with Gasteiger partial charge in [-0.05, 0) is 37.3 Å². The Hall–Kier alpha value is -2.06. The standard InChI is InChI=1S/C20H17Cl3N2O4S/c1-3-29-20(26)18-15(11-30(2,27)28)19(12-4-6-13(21)7-5-12)25(24-18)17-9-8-14(22)10-16(17)23/h4-10H,3,11H2,1-2H3. The van der Waals surface area contributed by atoms with Crippen LogP contribution in [0.2, 0.25) is 15.1 Å². The molecule has 6 nitrogen and oxygen atoms in total. The predicted octanol–water partition coefficient (Wildman–Crippen LogP) is 5.22. The predicted molar refractivity (Wildman–Crippen MR) is 119 cm³/mol. The average Bonchev–Trinajstić information content (AvgIpc) is 3.00. The molecule has 0 spiro atoms. The van der Waals surface area contributed by atoms with Gasteiger partial charge in [0.2, 0.25) is 0 Å². The first-order valence-corrected chi connectivity index (χ1v) is 12.0. The Balaban J connectivity index is 2.38. The summed E-state index contributed by atoms with van der Waals surface area (Å²) in [5, 5.41) is 5.60. The molecule has 0 fully saturated rings. The van der Waals surface area contributed by atoms with E-state index in [9.17, 15) is 13.2 Å². The molecule has 0 aliphatic heterocycles. The van der Waals surface area contributed by atoms with Crippen LogP contribution in [0.3, 0.4) is 0 Å². The quantitative estimate of drug-likeness (QED) is 0.445. The second-order valence-corrected chi connectivity index (χ2v) is 9.90. The lowest BCUT2D eigenvalue weighted by Gasteiger charge is -2.12. The third kappa shape index (κ3) is 4.98. The van der Waals surface area contributed by atoms with Crippen LogP contribution in [-0.4, -0.2) is 37.0 Å². The Morgan fingerprint density at radius 1 is 1.07 bits per heavy atom. The Labute approximate surface area is 189 Å². The molecule has 1 heterocycles. The highest BCUT2D eigenvalue weighted by molar-refractivity contribution is 7.89. The molecule has 0 radical (unpaired) electrons. The Bertz CT molecular complexity index is 1210. The van der Waals surface area contributed by atoms with E-state index in [0.29, 0.717) is 27.0 Å². The van der Waals surface area contributed by atoms with Gasteiger partial charge in [0.15, 0.2) is 15.5 Å². The van der Waals surface area contributed by atoms with Gasteiger partial charge in [-0.2, -0.15) is 5.10 Å². The minimum absolute atomic E-state index is 0.0989. The largest absolute Gasteiger partial charge is 0.461 e. The molecule has 3 aromatic rings. The van der Waals surface area contributed by atoms with Crippen LogP contribution in [0, 0.1) is 0 Å². The van der Waals surface area contributed by atoms with Gasteiger partial charge in [0, 0.05) is 27.4 Å². The molecular formula is C20H17Cl3N2O4S. The van der Waals surface area contributed by atoms with Gasteiger partial charge >= 0.3 is 5.97 Å². The fraction of sp³-hybridized carbons (Fsp3) is 0.200. The number of carbonyl (C=O) groups is 1. The fourth-order valence-electron chi connectivity index (χ4n) is 2.94. The monoisotopic (exact) mass is 486 g/mol. The van der Waals surface area contributed by atoms with E-state index in [1.54, 1.807) is 43.3 Å². The van der Waals surface area contributed by atoms with E-state index >= 15 is 0 Å². The Morgan fingerprint density at radius 2 is 1.70 bits per heavy atom. The minimum atomic E-state index is -3.51. The first kappa shape index (κ1) is 22.6. The van der Waals surface area contributed by atoms with Crippen molar-refractivity contribution in [2.45, 2.75) is 12.7 Å². The molecule has 158 valence electrons. The van der Waals surface area contributed by atoms with Crippen molar-refractivity contribution in [3.8, 4) is 16.9 Å². The lowest BCUT2D eigenvalue weighted by molar-refractivity contribution is 0.0518. The Morgan fingerprint density at radius 3 is 2.27 bits per heavy atom. The van der Waals surface area contributed by atoms with Crippen molar-refractivity contribution in [1.29, 1.82) is 0 Å². The van der Waals surface area contributed by atoms with Crippen LogP contribution in [0.5, 0.6) is 0 Å². The number of hydrogen-bond donors (Lipinski definition) is 0. The lowest BCUT2D eigenvalue weighted by atomic mass is 10.1. The Kier molecular flexibility index (Phi) is 6.77. The number of benzene rings is 2. The van der Waals surface area contributed by atoms with Crippen molar-refractivity contribution in [3.05, 3.63) is 68.8 Å². The van der Waals surface area contributed by atoms with Gasteiger partial charge in [0.25, 0.3) is 0 Å². The zero-order valence-electron chi connectivity index (χ0n) is 16.0. The number of aromatic nitrogens is 2. The van der Waals surface area contributed by atoms with Gasteiger partial charge in [0.05, 0.1) is 28.8 Å². The molecule has 0 aliphatic carbocycles. The molecular weight excluding hydrogens is 471 g/mol. The van der Waals surface area contributed by atoms with Gasteiger partial charge in [0.1, 0.15) is 0 Å². The topological polar surface area (TPSA) is 78.3 Å². The van der Waals surface area contributed by atoms with Crippen molar-refractivity contribution in [3.63, 3.8) is 0 Å². The number of rotatable bonds is 6. The van der Waals surface area contributed by atoms with Crippen molar-refractivity contribution in [2.75, 3.05) is 12.9 Å². The maximum Gasteiger partial charge on any atom is 0.359 e. The fourth-order valence-corrected chi connectivity index (χ4v) is 4.36. The summed E-state index contributed by atoms with van der Waals surface area (Å²) in [4.78, 5) is 12.6. The van der Waals surface area contributed by atoms with Crippen molar-refractivity contribution < 1.29 is 17.9 Å². The summed E-state index contributed by atoms with van der Waals surface area (Å²) >= 11 is 18.4. The SMILES string of the molecule is CCOC(=O)c1nn(-c2ccc(Cl)cc2Cl)c(-c2ccc(Cl)cc2)c1CS(C)(=O)=O. The smallest absolute Gasteiger partial charge is 0.359 e. The number of hydrogen-bond acceptors (Lipinski definition) is 5. The van der Waals surface area contributed by atoms with Gasteiger partial charge < -0.3 is 4.74 Å². The summed E-state index contributed by atoms with van der Waals surface area (Å²) in [6.07, 6.45) is 1.08. The molecule has 0 amide bonds. The second-order valence-electron chi connectivity index (χ2n) is 6.48. The number of ether oxygens (including phenoxy) is 1. The van der Waals surface area contributed by atoms with Crippen LogP contribution in [-0.2, 0) is 20.3 Å². The van der Waals surface area contributed by atoms with Crippen LogP contribution in [0.4, 0.5) is 0 Å². The van der Waals surface area contributed by atoms with Crippen LogP contribution in [0.25, 0.3) is 16.9 Å².